The van der Waals surface area contributed by atoms with Crippen LogP contribution in [0, 0.1) is 6.92 Å². The average molecular weight is 480 g/mol. The minimum atomic E-state index is -0.0699. The van der Waals surface area contributed by atoms with Crippen LogP contribution in [0.15, 0.2) is 96.4 Å². The molecule has 0 unspecified atom stereocenters. The molecular formula is C30H29N3OS. The van der Waals surface area contributed by atoms with Crippen molar-refractivity contribution in [2.45, 2.75) is 26.6 Å². The standard InChI is InChI=1S/C30H29N3OS/c1-22-14-16-23(17-15-22)19-31-30(34)33(20-24-9-4-3-5-10-24)21-26-25-11-6-7-12-27(25)32(2)29(26)28-13-8-18-35-28/h3-18H,19-21H2,1-2H3,(H,31,34). The Morgan fingerprint density at radius 3 is 2.34 bits per heavy atom. The largest absolute Gasteiger partial charge is 0.343 e. The smallest absolute Gasteiger partial charge is 0.318 e. The number of hydrogen-bond acceptors (Lipinski definition) is 2. The van der Waals surface area contributed by atoms with Gasteiger partial charge in [-0.05, 0) is 35.6 Å². The summed E-state index contributed by atoms with van der Waals surface area (Å²) in [5, 5.41) is 6.44. The van der Waals surface area contributed by atoms with Gasteiger partial charge in [0, 0.05) is 36.6 Å². The molecule has 4 nitrogen and oxygen atoms in total. The molecule has 5 rings (SSSR count). The van der Waals surface area contributed by atoms with E-state index in [0.717, 1.165) is 11.1 Å². The number of thiophene rings is 1. The van der Waals surface area contributed by atoms with E-state index in [1.165, 1.54) is 32.6 Å². The zero-order valence-corrected chi connectivity index (χ0v) is 20.9. The SMILES string of the molecule is Cc1ccc(CNC(=O)N(Cc2ccccc2)Cc2c(-c3cccs3)n(C)c3ccccc23)cc1. The molecular weight excluding hydrogens is 450 g/mol. The molecule has 0 aliphatic carbocycles. The number of benzene rings is 3. The quantitative estimate of drug-likeness (QED) is 0.265. The first-order valence-electron chi connectivity index (χ1n) is 11.8. The fourth-order valence-corrected chi connectivity index (χ4v) is 5.38. The van der Waals surface area contributed by atoms with Crippen LogP contribution in [0.3, 0.4) is 0 Å². The van der Waals surface area contributed by atoms with E-state index in [1.807, 2.05) is 23.1 Å². The second kappa shape index (κ2) is 10.2. The zero-order chi connectivity index (χ0) is 24.2. The summed E-state index contributed by atoms with van der Waals surface area (Å²) in [6.07, 6.45) is 0. The van der Waals surface area contributed by atoms with Gasteiger partial charge in [-0.3, -0.25) is 0 Å². The van der Waals surface area contributed by atoms with Crippen LogP contribution in [-0.2, 0) is 26.7 Å². The Hall–Kier alpha value is -3.83. The number of nitrogens with one attached hydrogen (secondary N) is 1. The molecule has 0 fully saturated rings. The van der Waals surface area contributed by atoms with Gasteiger partial charge in [0.25, 0.3) is 0 Å². The summed E-state index contributed by atoms with van der Waals surface area (Å²) >= 11 is 1.73. The Morgan fingerprint density at radius 1 is 0.857 bits per heavy atom. The van der Waals surface area contributed by atoms with E-state index in [2.05, 4.69) is 102 Å². The first kappa shape index (κ1) is 22.9. The minimum absolute atomic E-state index is 0.0699. The lowest BCUT2D eigenvalue weighted by atomic mass is 10.1. The molecule has 2 aromatic heterocycles. The summed E-state index contributed by atoms with van der Waals surface area (Å²) in [5.74, 6) is 0. The van der Waals surface area contributed by atoms with E-state index in [9.17, 15) is 4.79 Å². The van der Waals surface area contributed by atoms with E-state index in [0.29, 0.717) is 19.6 Å². The summed E-state index contributed by atoms with van der Waals surface area (Å²) in [7, 11) is 2.11. The molecule has 35 heavy (non-hydrogen) atoms. The lowest BCUT2D eigenvalue weighted by Crippen LogP contribution is -2.38. The Kier molecular flexibility index (Phi) is 6.68. The number of urea groups is 1. The van der Waals surface area contributed by atoms with Gasteiger partial charge >= 0.3 is 6.03 Å². The maximum atomic E-state index is 13.5. The van der Waals surface area contributed by atoms with Crippen LogP contribution in [-0.4, -0.2) is 15.5 Å². The molecule has 0 atom stereocenters. The van der Waals surface area contributed by atoms with Gasteiger partial charge in [0.15, 0.2) is 0 Å². The lowest BCUT2D eigenvalue weighted by Gasteiger charge is -2.24. The number of carbonyl (C=O) groups excluding carboxylic acids is 1. The Balaban J connectivity index is 1.49. The molecule has 0 aliphatic heterocycles. The van der Waals surface area contributed by atoms with Crippen molar-refractivity contribution in [3.63, 3.8) is 0 Å². The van der Waals surface area contributed by atoms with Gasteiger partial charge in [0.05, 0.1) is 17.1 Å². The summed E-state index contributed by atoms with van der Waals surface area (Å²) in [5.41, 5.74) is 6.93. The monoisotopic (exact) mass is 479 g/mol. The number of nitrogens with zero attached hydrogens (tertiary/aromatic N) is 2. The minimum Gasteiger partial charge on any atom is -0.343 e. The number of aryl methyl sites for hydroxylation is 2. The molecule has 0 saturated heterocycles. The summed E-state index contributed by atoms with van der Waals surface area (Å²) < 4.78 is 2.25. The van der Waals surface area contributed by atoms with Gasteiger partial charge in [-0.2, -0.15) is 0 Å². The van der Waals surface area contributed by atoms with Crippen LogP contribution in [0.1, 0.15) is 22.3 Å². The highest BCUT2D eigenvalue weighted by atomic mass is 32.1. The maximum absolute atomic E-state index is 13.5. The molecule has 0 bridgehead atoms. The number of rotatable bonds is 7. The summed E-state index contributed by atoms with van der Waals surface area (Å²) in [6, 6.07) is 31.1. The molecule has 0 aliphatic rings. The molecule has 5 heteroatoms. The molecule has 1 N–H and O–H groups in total. The highest BCUT2D eigenvalue weighted by molar-refractivity contribution is 7.13. The Labute approximate surface area is 210 Å². The number of fused-ring (bicyclic) bond motifs is 1. The van der Waals surface area contributed by atoms with Crippen molar-refractivity contribution >= 4 is 28.3 Å². The van der Waals surface area contributed by atoms with Gasteiger partial charge in [0.1, 0.15) is 0 Å². The fourth-order valence-electron chi connectivity index (χ4n) is 4.55. The highest BCUT2D eigenvalue weighted by Crippen LogP contribution is 2.36. The maximum Gasteiger partial charge on any atom is 0.318 e. The van der Waals surface area contributed by atoms with Gasteiger partial charge in [-0.15, -0.1) is 11.3 Å². The van der Waals surface area contributed by atoms with Gasteiger partial charge in [-0.1, -0.05) is 84.4 Å². The highest BCUT2D eigenvalue weighted by Gasteiger charge is 2.22. The molecule has 5 aromatic rings. The van der Waals surface area contributed by atoms with Crippen molar-refractivity contribution in [2.24, 2.45) is 7.05 Å². The van der Waals surface area contributed by atoms with E-state index < -0.39 is 0 Å². The molecule has 0 saturated carbocycles. The number of aromatic nitrogens is 1. The number of para-hydroxylation sites is 1. The number of carbonyl (C=O) groups is 1. The van der Waals surface area contributed by atoms with E-state index in [1.54, 1.807) is 11.3 Å². The second-order valence-electron chi connectivity index (χ2n) is 8.87. The third kappa shape index (κ3) is 5.00. The zero-order valence-electron chi connectivity index (χ0n) is 20.1. The van der Waals surface area contributed by atoms with Crippen molar-refractivity contribution in [1.82, 2.24) is 14.8 Å². The predicted molar refractivity (Wildman–Crippen MR) is 145 cm³/mol. The van der Waals surface area contributed by atoms with Crippen molar-refractivity contribution in [3.8, 4) is 10.6 Å². The molecule has 2 heterocycles. The Bertz CT molecular complexity index is 1420. The van der Waals surface area contributed by atoms with Crippen LogP contribution >= 0.6 is 11.3 Å². The van der Waals surface area contributed by atoms with Crippen LogP contribution in [0.5, 0.6) is 0 Å². The molecule has 0 radical (unpaired) electrons. The second-order valence-corrected chi connectivity index (χ2v) is 9.81. The van der Waals surface area contributed by atoms with Crippen LogP contribution in [0.2, 0.25) is 0 Å². The summed E-state index contributed by atoms with van der Waals surface area (Å²) in [4.78, 5) is 16.7. The fraction of sp³-hybridized carbons (Fsp3) is 0.167. The number of amides is 2. The van der Waals surface area contributed by atoms with E-state index in [-0.39, 0.29) is 6.03 Å². The Morgan fingerprint density at radius 2 is 1.60 bits per heavy atom. The van der Waals surface area contributed by atoms with Crippen molar-refractivity contribution < 1.29 is 4.79 Å². The van der Waals surface area contributed by atoms with Crippen molar-refractivity contribution in [3.05, 3.63) is 119 Å². The van der Waals surface area contributed by atoms with Crippen molar-refractivity contribution in [1.29, 1.82) is 0 Å². The van der Waals surface area contributed by atoms with Gasteiger partial charge in [-0.25, -0.2) is 4.79 Å². The lowest BCUT2D eigenvalue weighted by molar-refractivity contribution is 0.192. The topological polar surface area (TPSA) is 37.3 Å². The van der Waals surface area contributed by atoms with Crippen LogP contribution < -0.4 is 5.32 Å². The van der Waals surface area contributed by atoms with E-state index >= 15 is 0 Å². The van der Waals surface area contributed by atoms with Crippen LogP contribution in [0.4, 0.5) is 4.79 Å². The van der Waals surface area contributed by atoms with E-state index in [4.69, 9.17) is 0 Å². The predicted octanol–water partition coefficient (Wildman–Crippen LogP) is 7.13. The van der Waals surface area contributed by atoms with Gasteiger partial charge < -0.3 is 14.8 Å². The third-order valence-corrected chi connectivity index (χ3v) is 7.26. The molecule has 0 spiro atoms. The molecule has 176 valence electrons. The molecule has 2 amide bonds. The third-order valence-electron chi connectivity index (χ3n) is 6.38. The first-order valence-corrected chi connectivity index (χ1v) is 12.7. The first-order chi connectivity index (χ1) is 17.1. The summed E-state index contributed by atoms with van der Waals surface area (Å²) in [6.45, 7) is 3.62. The molecule has 3 aromatic carbocycles. The van der Waals surface area contributed by atoms with Gasteiger partial charge in [0.2, 0.25) is 0 Å². The average Bonchev–Trinajstić information content (AvgIpc) is 3.50. The van der Waals surface area contributed by atoms with Crippen molar-refractivity contribution in [2.75, 3.05) is 0 Å². The number of hydrogen-bond donors (Lipinski definition) is 1. The van der Waals surface area contributed by atoms with Crippen LogP contribution in [0.25, 0.3) is 21.5 Å². The normalized spacial score (nSPS) is 11.0.